The summed E-state index contributed by atoms with van der Waals surface area (Å²) in [5, 5.41) is 0.711. The molecule has 0 heterocycles. The molecular weight excluding hydrogens is 242 g/mol. The van der Waals surface area contributed by atoms with E-state index in [1.807, 2.05) is 0 Å². The lowest BCUT2D eigenvalue weighted by Crippen LogP contribution is -2.03. The first-order chi connectivity index (χ1) is 7.95. The number of hydrogen-bond acceptors (Lipinski definition) is 4. The molecule has 2 rings (SSSR count). The Bertz CT molecular complexity index is 707. The second kappa shape index (κ2) is 3.83. The van der Waals surface area contributed by atoms with E-state index in [-0.39, 0.29) is 21.5 Å². The highest BCUT2D eigenvalue weighted by molar-refractivity contribution is 7.86. The molecule has 5 nitrogen and oxygen atoms in total. The summed E-state index contributed by atoms with van der Waals surface area (Å²) in [6.45, 7) is 0. The van der Waals surface area contributed by atoms with Crippen LogP contribution in [0.4, 0.5) is 5.69 Å². The Morgan fingerprint density at radius 3 is 2.29 bits per heavy atom. The van der Waals surface area contributed by atoms with Crippen molar-refractivity contribution in [1.82, 2.24) is 0 Å². The van der Waals surface area contributed by atoms with E-state index in [0.717, 1.165) is 6.07 Å². The number of nitrogens with two attached hydrogens (primary N) is 1. The Kier molecular flexibility index (Phi) is 2.60. The third-order valence-electron chi connectivity index (χ3n) is 2.49. The van der Waals surface area contributed by atoms with E-state index in [4.69, 9.17) is 10.3 Å². The molecule has 0 spiro atoms. The quantitative estimate of drug-likeness (QED) is 0.478. The second-order valence-corrected chi connectivity index (χ2v) is 4.91. The molecule has 0 atom stereocenters. The van der Waals surface area contributed by atoms with Gasteiger partial charge in [-0.15, -0.1) is 0 Å². The topological polar surface area (TPSA) is 97.5 Å². The van der Waals surface area contributed by atoms with Crippen molar-refractivity contribution in [3.8, 4) is 0 Å². The van der Waals surface area contributed by atoms with Crippen molar-refractivity contribution in [2.75, 3.05) is 5.73 Å². The van der Waals surface area contributed by atoms with Gasteiger partial charge in [-0.25, -0.2) is 0 Å². The van der Waals surface area contributed by atoms with Gasteiger partial charge in [-0.1, -0.05) is 24.3 Å². The Labute approximate surface area is 97.6 Å². The van der Waals surface area contributed by atoms with E-state index in [1.165, 1.54) is 6.07 Å². The monoisotopic (exact) mass is 251 g/mol. The van der Waals surface area contributed by atoms with Gasteiger partial charge in [-0.05, 0) is 6.07 Å². The highest BCUT2D eigenvalue weighted by Crippen LogP contribution is 2.30. The molecule has 0 aliphatic carbocycles. The number of fused-ring (bicyclic) bond motifs is 1. The molecule has 0 bridgehead atoms. The number of benzene rings is 2. The van der Waals surface area contributed by atoms with Crippen LogP contribution in [0.25, 0.3) is 10.8 Å². The summed E-state index contributed by atoms with van der Waals surface area (Å²) in [6.07, 6.45) is 0.455. The van der Waals surface area contributed by atoms with Crippen molar-refractivity contribution in [1.29, 1.82) is 0 Å². The molecule has 0 unspecified atom stereocenters. The zero-order chi connectivity index (χ0) is 12.6. The Balaban J connectivity index is 3.04. The zero-order valence-electron chi connectivity index (χ0n) is 8.62. The van der Waals surface area contributed by atoms with E-state index < -0.39 is 10.1 Å². The molecular formula is C11H9NO4S. The molecule has 17 heavy (non-hydrogen) atoms. The van der Waals surface area contributed by atoms with Gasteiger partial charge in [-0.3, -0.25) is 9.35 Å². The molecule has 0 fully saturated rings. The summed E-state index contributed by atoms with van der Waals surface area (Å²) in [6, 6.07) is 7.47. The lowest BCUT2D eigenvalue weighted by Gasteiger charge is -2.08. The van der Waals surface area contributed by atoms with Gasteiger partial charge in [0.15, 0.2) is 6.29 Å². The first-order valence-electron chi connectivity index (χ1n) is 4.69. The molecule has 6 heteroatoms. The maximum atomic E-state index is 11.2. The van der Waals surface area contributed by atoms with Crippen LogP contribution >= 0.6 is 0 Å². The van der Waals surface area contributed by atoms with Gasteiger partial charge in [0.25, 0.3) is 10.1 Å². The van der Waals surface area contributed by atoms with Crippen LogP contribution in [0.3, 0.4) is 0 Å². The van der Waals surface area contributed by atoms with Gasteiger partial charge in [-0.2, -0.15) is 8.42 Å². The van der Waals surface area contributed by atoms with Gasteiger partial charge in [0.05, 0.1) is 5.69 Å². The lowest BCUT2D eigenvalue weighted by molar-refractivity contribution is 0.112. The van der Waals surface area contributed by atoms with Crippen LogP contribution in [0.2, 0.25) is 0 Å². The maximum Gasteiger partial charge on any atom is 0.295 e. The second-order valence-electron chi connectivity index (χ2n) is 3.52. The molecule has 0 amide bonds. The standard InChI is InChI=1S/C11H9NO4S/c12-11-7(6-13)5-10(17(14,15)16)8-3-1-2-4-9(8)11/h1-6H,12H2,(H,14,15,16). The highest BCUT2D eigenvalue weighted by Gasteiger charge is 2.17. The Morgan fingerprint density at radius 1 is 1.18 bits per heavy atom. The maximum absolute atomic E-state index is 11.2. The smallest absolute Gasteiger partial charge is 0.295 e. The minimum atomic E-state index is -4.39. The number of aldehydes is 1. The largest absolute Gasteiger partial charge is 0.398 e. The number of carbonyl (C=O) groups is 1. The molecule has 3 N–H and O–H groups in total. The summed E-state index contributed by atoms with van der Waals surface area (Å²) >= 11 is 0. The number of rotatable bonds is 2. The predicted octanol–water partition coefficient (Wildman–Crippen LogP) is 1.48. The van der Waals surface area contributed by atoms with Crippen molar-refractivity contribution in [2.24, 2.45) is 0 Å². The van der Waals surface area contributed by atoms with Crippen LogP contribution in [0.5, 0.6) is 0 Å². The first kappa shape index (κ1) is 11.6. The average molecular weight is 251 g/mol. The van der Waals surface area contributed by atoms with Crippen molar-refractivity contribution in [2.45, 2.75) is 4.90 Å². The minimum Gasteiger partial charge on any atom is -0.398 e. The van der Waals surface area contributed by atoms with Crippen LogP contribution in [-0.2, 0) is 10.1 Å². The molecule has 0 saturated carbocycles. The van der Waals surface area contributed by atoms with Crippen LogP contribution in [-0.4, -0.2) is 19.3 Å². The molecule has 0 aromatic heterocycles. The Morgan fingerprint density at radius 2 is 1.76 bits per heavy atom. The number of hydrogen-bond donors (Lipinski definition) is 2. The van der Waals surface area contributed by atoms with Crippen molar-refractivity contribution < 1.29 is 17.8 Å². The fraction of sp³-hybridized carbons (Fsp3) is 0. The van der Waals surface area contributed by atoms with Gasteiger partial charge >= 0.3 is 0 Å². The predicted molar refractivity (Wildman–Crippen MR) is 63.6 cm³/mol. The molecule has 0 saturated heterocycles. The molecule has 88 valence electrons. The lowest BCUT2D eigenvalue weighted by atomic mass is 10.0. The minimum absolute atomic E-state index is 0.0383. The average Bonchev–Trinajstić information content (AvgIpc) is 2.28. The third kappa shape index (κ3) is 1.88. The number of anilines is 1. The van der Waals surface area contributed by atoms with Crippen LogP contribution in [0.15, 0.2) is 35.2 Å². The van der Waals surface area contributed by atoms with Gasteiger partial charge in [0.1, 0.15) is 4.90 Å². The summed E-state index contributed by atoms with van der Waals surface area (Å²) in [7, 11) is -4.39. The van der Waals surface area contributed by atoms with Crippen molar-refractivity contribution in [3.63, 3.8) is 0 Å². The first-order valence-corrected chi connectivity index (χ1v) is 6.13. The molecule has 2 aromatic rings. The zero-order valence-corrected chi connectivity index (χ0v) is 9.44. The summed E-state index contributed by atoms with van der Waals surface area (Å²) in [4.78, 5) is 10.5. The van der Waals surface area contributed by atoms with Crippen molar-refractivity contribution in [3.05, 3.63) is 35.9 Å². The van der Waals surface area contributed by atoms with E-state index in [2.05, 4.69) is 0 Å². The SMILES string of the molecule is Nc1c(C=O)cc(S(=O)(=O)O)c2ccccc12. The molecule has 2 aromatic carbocycles. The number of carbonyl (C=O) groups excluding carboxylic acids is 1. The summed E-state index contributed by atoms with van der Waals surface area (Å²) < 4.78 is 31.6. The highest BCUT2D eigenvalue weighted by atomic mass is 32.2. The number of nitrogen functional groups attached to an aromatic ring is 1. The fourth-order valence-electron chi connectivity index (χ4n) is 1.70. The van der Waals surface area contributed by atoms with Gasteiger partial charge < -0.3 is 5.73 Å². The van der Waals surface area contributed by atoms with E-state index in [0.29, 0.717) is 11.7 Å². The Hall–Kier alpha value is -1.92. The summed E-state index contributed by atoms with van der Waals surface area (Å²) in [5.74, 6) is 0. The van der Waals surface area contributed by atoms with E-state index >= 15 is 0 Å². The van der Waals surface area contributed by atoms with Gasteiger partial charge in [0.2, 0.25) is 0 Å². The molecule has 0 radical (unpaired) electrons. The van der Waals surface area contributed by atoms with Crippen LogP contribution in [0.1, 0.15) is 10.4 Å². The van der Waals surface area contributed by atoms with Gasteiger partial charge in [0, 0.05) is 16.3 Å². The summed E-state index contributed by atoms with van der Waals surface area (Å²) in [5.41, 5.74) is 5.97. The molecule has 0 aliphatic rings. The molecule has 0 aliphatic heterocycles. The van der Waals surface area contributed by atoms with Crippen LogP contribution < -0.4 is 5.73 Å². The van der Waals surface area contributed by atoms with Crippen LogP contribution in [0, 0.1) is 0 Å². The third-order valence-corrected chi connectivity index (χ3v) is 3.38. The van der Waals surface area contributed by atoms with Crippen molar-refractivity contribution >= 4 is 32.9 Å². The fourth-order valence-corrected chi connectivity index (χ4v) is 2.43. The normalized spacial score (nSPS) is 11.6. The van der Waals surface area contributed by atoms with E-state index in [9.17, 15) is 13.2 Å². The van der Waals surface area contributed by atoms with E-state index in [1.54, 1.807) is 18.2 Å².